The molecule has 1 amide bonds. The fourth-order valence-electron chi connectivity index (χ4n) is 2.33. The van der Waals surface area contributed by atoms with Gasteiger partial charge in [0.05, 0.1) is 0 Å². The molecule has 0 aromatic heterocycles. The van der Waals surface area contributed by atoms with E-state index in [-0.39, 0.29) is 11.8 Å². The molecule has 0 spiro atoms. The fraction of sp³-hybridized carbons (Fsp3) is 0.846. The second-order valence-corrected chi connectivity index (χ2v) is 4.88. The number of hydrogen-bond donors (Lipinski definition) is 2. The molecule has 1 atom stereocenters. The highest BCUT2D eigenvalue weighted by Crippen LogP contribution is 2.24. The number of amides is 1. The third-order valence-electron chi connectivity index (χ3n) is 3.44. The van der Waals surface area contributed by atoms with Gasteiger partial charge in [-0.05, 0) is 19.3 Å². The first-order valence-corrected chi connectivity index (χ1v) is 6.68. The molecule has 1 aliphatic carbocycles. The van der Waals surface area contributed by atoms with Crippen LogP contribution in [0, 0.1) is 5.92 Å². The number of hydrogen-bond acceptors (Lipinski definition) is 2. The normalized spacial score (nSPS) is 17.9. The van der Waals surface area contributed by atoms with Crippen LogP contribution < -0.4 is 5.32 Å². The Bertz CT molecular complexity index is 259. The first-order valence-electron chi connectivity index (χ1n) is 6.68. The van der Waals surface area contributed by atoms with E-state index in [2.05, 4.69) is 12.2 Å². The number of rotatable bonds is 7. The van der Waals surface area contributed by atoms with Crippen molar-refractivity contribution in [3.05, 3.63) is 0 Å². The molecule has 0 aromatic carbocycles. The fourth-order valence-corrected chi connectivity index (χ4v) is 2.33. The Morgan fingerprint density at radius 1 is 1.29 bits per heavy atom. The topological polar surface area (TPSA) is 66.4 Å². The van der Waals surface area contributed by atoms with Crippen LogP contribution in [0.3, 0.4) is 0 Å². The summed E-state index contributed by atoms with van der Waals surface area (Å²) in [6.45, 7) is 2.08. The minimum Gasteiger partial charge on any atom is -0.480 e. The van der Waals surface area contributed by atoms with E-state index in [0.717, 1.165) is 44.9 Å². The first-order chi connectivity index (χ1) is 8.15. The van der Waals surface area contributed by atoms with Gasteiger partial charge in [0.1, 0.15) is 6.04 Å². The Morgan fingerprint density at radius 2 is 1.94 bits per heavy atom. The third-order valence-corrected chi connectivity index (χ3v) is 3.44. The van der Waals surface area contributed by atoms with Crippen molar-refractivity contribution in [2.45, 2.75) is 64.3 Å². The lowest BCUT2D eigenvalue weighted by Gasteiger charge is -2.17. The lowest BCUT2D eigenvalue weighted by molar-refractivity contribution is -0.142. The summed E-state index contributed by atoms with van der Waals surface area (Å²) >= 11 is 0. The molecule has 4 nitrogen and oxygen atoms in total. The van der Waals surface area contributed by atoms with E-state index < -0.39 is 12.0 Å². The summed E-state index contributed by atoms with van der Waals surface area (Å²) in [4.78, 5) is 22.8. The summed E-state index contributed by atoms with van der Waals surface area (Å²) in [5, 5.41) is 11.7. The Hall–Kier alpha value is -1.06. The van der Waals surface area contributed by atoms with Gasteiger partial charge in [-0.1, -0.05) is 39.0 Å². The summed E-state index contributed by atoms with van der Waals surface area (Å²) < 4.78 is 0. The van der Waals surface area contributed by atoms with Crippen molar-refractivity contribution < 1.29 is 14.7 Å². The van der Waals surface area contributed by atoms with Crippen molar-refractivity contribution in [3.8, 4) is 0 Å². The van der Waals surface area contributed by atoms with Gasteiger partial charge in [-0.15, -0.1) is 0 Å². The smallest absolute Gasteiger partial charge is 0.326 e. The second kappa shape index (κ2) is 7.30. The molecule has 0 aliphatic heterocycles. The highest BCUT2D eigenvalue weighted by atomic mass is 16.4. The van der Waals surface area contributed by atoms with Gasteiger partial charge in [0.15, 0.2) is 0 Å². The Labute approximate surface area is 103 Å². The predicted molar refractivity (Wildman–Crippen MR) is 65.7 cm³/mol. The van der Waals surface area contributed by atoms with Crippen LogP contribution in [0.1, 0.15) is 58.3 Å². The van der Waals surface area contributed by atoms with E-state index in [9.17, 15) is 9.59 Å². The molecule has 17 heavy (non-hydrogen) atoms. The van der Waals surface area contributed by atoms with Crippen molar-refractivity contribution in [3.63, 3.8) is 0 Å². The molecule has 4 heteroatoms. The van der Waals surface area contributed by atoms with Gasteiger partial charge in [0, 0.05) is 5.92 Å². The van der Waals surface area contributed by atoms with Gasteiger partial charge >= 0.3 is 5.97 Å². The average Bonchev–Trinajstić information content (AvgIpc) is 2.81. The number of aliphatic carboxylic acids is 1. The summed E-state index contributed by atoms with van der Waals surface area (Å²) in [5.74, 6) is -0.929. The van der Waals surface area contributed by atoms with Crippen molar-refractivity contribution in [2.75, 3.05) is 0 Å². The lowest BCUT2D eigenvalue weighted by atomic mass is 10.0. The molecule has 98 valence electrons. The SMILES string of the molecule is CCCCC[C@H](NC(=O)C1CCCC1)C(=O)O. The molecule has 0 bridgehead atoms. The summed E-state index contributed by atoms with van der Waals surface area (Å²) in [7, 11) is 0. The molecule has 1 fully saturated rings. The van der Waals surface area contributed by atoms with Crippen LogP contribution in [0.15, 0.2) is 0 Å². The van der Waals surface area contributed by atoms with E-state index in [1.807, 2.05) is 0 Å². The van der Waals surface area contributed by atoms with Gasteiger partial charge in [0.2, 0.25) is 5.91 Å². The Morgan fingerprint density at radius 3 is 2.47 bits per heavy atom. The van der Waals surface area contributed by atoms with Crippen molar-refractivity contribution >= 4 is 11.9 Å². The van der Waals surface area contributed by atoms with Gasteiger partial charge in [-0.3, -0.25) is 4.79 Å². The van der Waals surface area contributed by atoms with Crippen LogP contribution in [-0.4, -0.2) is 23.0 Å². The minimum absolute atomic E-state index is 0.0445. The number of carbonyl (C=O) groups excluding carboxylic acids is 1. The standard InChI is InChI=1S/C13H23NO3/c1-2-3-4-9-11(13(16)17)14-12(15)10-7-5-6-8-10/h10-11H,2-9H2,1H3,(H,14,15)(H,16,17)/t11-/m0/s1. The zero-order valence-electron chi connectivity index (χ0n) is 10.6. The molecule has 0 saturated heterocycles. The molecular formula is C13H23NO3. The highest BCUT2D eigenvalue weighted by Gasteiger charge is 2.26. The highest BCUT2D eigenvalue weighted by molar-refractivity contribution is 5.85. The van der Waals surface area contributed by atoms with Crippen molar-refractivity contribution in [1.29, 1.82) is 0 Å². The molecule has 2 N–H and O–H groups in total. The maximum absolute atomic E-state index is 11.8. The molecular weight excluding hydrogens is 218 g/mol. The van der Waals surface area contributed by atoms with Crippen LogP contribution in [-0.2, 0) is 9.59 Å². The summed E-state index contributed by atoms with van der Waals surface area (Å²) in [5.41, 5.74) is 0. The Kier molecular flexibility index (Phi) is 6.01. The van der Waals surface area contributed by atoms with E-state index in [0.29, 0.717) is 6.42 Å². The van der Waals surface area contributed by atoms with Gasteiger partial charge in [-0.25, -0.2) is 4.79 Å². The van der Waals surface area contributed by atoms with E-state index in [1.54, 1.807) is 0 Å². The predicted octanol–water partition coefficient (Wildman–Crippen LogP) is 2.33. The molecule has 0 unspecified atom stereocenters. The molecule has 0 aromatic rings. The maximum Gasteiger partial charge on any atom is 0.326 e. The second-order valence-electron chi connectivity index (χ2n) is 4.88. The number of unbranched alkanes of at least 4 members (excludes halogenated alkanes) is 2. The van der Waals surface area contributed by atoms with Crippen LogP contribution in [0.5, 0.6) is 0 Å². The van der Waals surface area contributed by atoms with Crippen LogP contribution >= 0.6 is 0 Å². The van der Waals surface area contributed by atoms with E-state index >= 15 is 0 Å². The number of nitrogens with one attached hydrogen (secondary N) is 1. The van der Waals surface area contributed by atoms with Gasteiger partial charge < -0.3 is 10.4 Å². The quantitative estimate of drug-likeness (QED) is 0.672. The number of carboxylic acids is 1. The molecule has 1 aliphatic rings. The van der Waals surface area contributed by atoms with Crippen LogP contribution in [0.2, 0.25) is 0 Å². The first kappa shape index (κ1) is 14.0. The Balaban J connectivity index is 2.36. The molecule has 1 rings (SSSR count). The summed E-state index contributed by atoms with van der Waals surface area (Å²) in [6, 6.07) is -0.699. The molecule has 0 radical (unpaired) electrons. The number of carboxylic acid groups (broad SMARTS) is 1. The van der Waals surface area contributed by atoms with Crippen molar-refractivity contribution in [2.24, 2.45) is 5.92 Å². The lowest BCUT2D eigenvalue weighted by Crippen LogP contribution is -2.43. The van der Waals surface area contributed by atoms with Crippen LogP contribution in [0.4, 0.5) is 0 Å². The van der Waals surface area contributed by atoms with Crippen molar-refractivity contribution in [1.82, 2.24) is 5.32 Å². The third kappa shape index (κ3) is 4.75. The average molecular weight is 241 g/mol. The van der Waals surface area contributed by atoms with E-state index in [4.69, 9.17) is 5.11 Å². The monoisotopic (exact) mass is 241 g/mol. The van der Waals surface area contributed by atoms with Gasteiger partial charge in [0.25, 0.3) is 0 Å². The molecule has 0 heterocycles. The molecule has 1 saturated carbocycles. The van der Waals surface area contributed by atoms with Gasteiger partial charge in [-0.2, -0.15) is 0 Å². The summed E-state index contributed by atoms with van der Waals surface area (Å²) in [6.07, 6.45) is 7.48. The van der Waals surface area contributed by atoms with E-state index in [1.165, 1.54) is 0 Å². The zero-order chi connectivity index (χ0) is 12.7. The minimum atomic E-state index is -0.910. The maximum atomic E-state index is 11.8. The largest absolute Gasteiger partial charge is 0.480 e. The van der Waals surface area contributed by atoms with Crippen LogP contribution in [0.25, 0.3) is 0 Å². The zero-order valence-corrected chi connectivity index (χ0v) is 10.6. The number of carbonyl (C=O) groups is 2.